The normalized spacial score (nSPS) is 11.8. The van der Waals surface area contributed by atoms with E-state index < -0.39 is 0 Å². The second kappa shape index (κ2) is 9.98. The zero-order valence-corrected chi connectivity index (χ0v) is 19.9. The molecule has 2 heterocycles. The molecule has 5 aromatic rings. The maximum absolute atomic E-state index is 10.1. The van der Waals surface area contributed by atoms with E-state index in [0.717, 1.165) is 44.5 Å². The number of pyridine rings is 2. The first-order valence-corrected chi connectivity index (χ1v) is 11.8. The van der Waals surface area contributed by atoms with Gasteiger partial charge in [0.2, 0.25) is 0 Å². The lowest BCUT2D eigenvalue weighted by Gasteiger charge is -2.20. The monoisotopic (exact) mass is 473 g/mol. The lowest BCUT2D eigenvalue weighted by molar-refractivity contribution is 0.276. The van der Waals surface area contributed by atoms with Crippen LogP contribution in [0.4, 0.5) is 11.4 Å². The smallest absolute Gasteiger partial charge is 0.0803 e. The summed E-state index contributed by atoms with van der Waals surface area (Å²) in [6, 6.07) is 27.3. The Morgan fingerprint density at radius 2 is 1.75 bits per heavy atom. The lowest BCUT2D eigenvalue weighted by atomic mass is 9.94. The Hall–Kier alpha value is -4.55. The summed E-state index contributed by atoms with van der Waals surface area (Å²) in [5.74, 6) is 0. The Morgan fingerprint density at radius 1 is 0.944 bits per heavy atom. The minimum atomic E-state index is -0.281. The number of aliphatic hydroxyl groups excluding tert-OH is 1. The first kappa shape index (κ1) is 23.2. The average molecular weight is 474 g/mol. The van der Waals surface area contributed by atoms with Gasteiger partial charge in [0.05, 0.1) is 35.7 Å². The minimum Gasteiger partial charge on any atom is -0.398 e. The molecule has 0 spiro atoms. The van der Waals surface area contributed by atoms with E-state index in [1.54, 1.807) is 19.3 Å². The molecular formula is C30H27N5O. The molecule has 0 bridgehead atoms. The fraction of sp³-hybridized carbons (Fsp3) is 0.100. The number of rotatable bonds is 7. The van der Waals surface area contributed by atoms with E-state index >= 15 is 0 Å². The van der Waals surface area contributed by atoms with Crippen molar-refractivity contribution in [2.24, 2.45) is 0 Å². The first-order chi connectivity index (χ1) is 17.5. The van der Waals surface area contributed by atoms with Crippen molar-refractivity contribution in [1.29, 1.82) is 5.41 Å². The molecule has 0 fully saturated rings. The van der Waals surface area contributed by atoms with Crippen LogP contribution in [0.5, 0.6) is 0 Å². The molecule has 178 valence electrons. The minimum absolute atomic E-state index is 0.0621. The maximum Gasteiger partial charge on any atom is 0.0803 e. The zero-order chi connectivity index (χ0) is 25.1. The number of hydrogen-bond donors (Lipinski definition) is 4. The molecule has 0 aliphatic heterocycles. The molecule has 6 nitrogen and oxygen atoms in total. The summed E-state index contributed by atoms with van der Waals surface area (Å²) in [6.07, 6.45) is 3.57. The number of anilines is 2. The largest absolute Gasteiger partial charge is 0.398 e. The molecule has 3 aromatic carbocycles. The van der Waals surface area contributed by atoms with Gasteiger partial charge in [-0.05, 0) is 42.3 Å². The SMILES string of the molecule is CC(=N)c1cc(-c2cc(NC(CO)c3ccccc3)cnc2-c2cccc3cccnc23)ccc1N. The van der Waals surface area contributed by atoms with E-state index in [4.69, 9.17) is 16.1 Å². The number of aromatic nitrogens is 2. The van der Waals surface area contributed by atoms with E-state index in [0.29, 0.717) is 17.0 Å². The van der Waals surface area contributed by atoms with Crippen molar-refractivity contribution in [2.45, 2.75) is 13.0 Å². The number of nitrogens with two attached hydrogens (primary N) is 1. The van der Waals surface area contributed by atoms with Crippen LogP contribution in [0.15, 0.2) is 97.3 Å². The Morgan fingerprint density at radius 3 is 2.53 bits per heavy atom. The third kappa shape index (κ3) is 4.54. The van der Waals surface area contributed by atoms with Crippen LogP contribution in [-0.2, 0) is 0 Å². The molecule has 5 rings (SSSR count). The average Bonchev–Trinajstić information content (AvgIpc) is 2.92. The number of benzene rings is 3. The highest BCUT2D eigenvalue weighted by Crippen LogP contribution is 2.37. The molecule has 6 heteroatoms. The summed E-state index contributed by atoms with van der Waals surface area (Å²) < 4.78 is 0. The van der Waals surface area contributed by atoms with Crippen LogP contribution in [0.1, 0.15) is 24.1 Å². The highest BCUT2D eigenvalue weighted by molar-refractivity contribution is 6.03. The number of nitrogens with zero attached hydrogens (tertiary/aromatic N) is 2. The van der Waals surface area contributed by atoms with Gasteiger partial charge in [0.15, 0.2) is 0 Å². The quantitative estimate of drug-likeness (QED) is 0.169. The van der Waals surface area contributed by atoms with Gasteiger partial charge in [-0.15, -0.1) is 0 Å². The van der Waals surface area contributed by atoms with Crippen molar-refractivity contribution in [3.63, 3.8) is 0 Å². The van der Waals surface area contributed by atoms with Crippen LogP contribution in [0.25, 0.3) is 33.3 Å². The van der Waals surface area contributed by atoms with Crippen LogP contribution in [0.3, 0.4) is 0 Å². The fourth-order valence-electron chi connectivity index (χ4n) is 4.44. The number of para-hydroxylation sites is 1. The molecule has 1 atom stereocenters. The molecule has 1 unspecified atom stereocenters. The highest BCUT2D eigenvalue weighted by atomic mass is 16.3. The van der Waals surface area contributed by atoms with E-state index in [1.807, 2.05) is 84.9 Å². The first-order valence-electron chi connectivity index (χ1n) is 11.8. The maximum atomic E-state index is 10.1. The summed E-state index contributed by atoms with van der Waals surface area (Å²) in [6.45, 7) is 1.67. The number of nitrogens with one attached hydrogen (secondary N) is 2. The van der Waals surface area contributed by atoms with Crippen molar-refractivity contribution >= 4 is 28.0 Å². The molecule has 5 N–H and O–H groups in total. The molecule has 0 amide bonds. The number of nitrogen functional groups attached to an aromatic ring is 1. The van der Waals surface area contributed by atoms with Gasteiger partial charge in [-0.3, -0.25) is 9.97 Å². The van der Waals surface area contributed by atoms with E-state index in [2.05, 4.69) is 10.3 Å². The lowest BCUT2D eigenvalue weighted by Crippen LogP contribution is -2.15. The topological polar surface area (TPSA) is 108 Å². The molecular weight excluding hydrogens is 446 g/mol. The predicted octanol–water partition coefficient (Wildman–Crippen LogP) is 6.08. The van der Waals surface area contributed by atoms with Crippen LogP contribution >= 0.6 is 0 Å². The van der Waals surface area contributed by atoms with Gasteiger partial charge in [-0.1, -0.05) is 60.7 Å². The van der Waals surface area contributed by atoms with Gasteiger partial charge >= 0.3 is 0 Å². The number of fused-ring (bicyclic) bond motifs is 1. The molecule has 2 aromatic heterocycles. The third-order valence-electron chi connectivity index (χ3n) is 6.27. The van der Waals surface area contributed by atoms with Gasteiger partial charge in [0.1, 0.15) is 0 Å². The second-order valence-electron chi connectivity index (χ2n) is 8.72. The zero-order valence-electron chi connectivity index (χ0n) is 19.9. The van der Waals surface area contributed by atoms with Gasteiger partial charge in [0, 0.05) is 39.7 Å². The Balaban J connectivity index is 1.68. The molecule has 0 aliphatic rings. The summed E-state index contributed by atoms with van der Waals surface area (Å²) in [5, 5.41) is 22.7. The van der Waals surface area contributed by atoms with Gasteiger partial charge in [-0.25, -0.2) is 0 Å². The number of aliphatic hydroxyl groups is 1. The Kier molecular flexibility index (Phi) is 6.43. The van der Waals surface area contributed by atoms with Crippen molar-refractivity contribution < 1.29 is 5.11 Å². The summed E-state index contributed by atoms with van der Waals surface area (Å²) in [5.41, 5.74) is 13.9. The van der Waals surface area contributed by atoms with Gasteiger partial charge < -0.3 is 21.6 Å². The summed E-state index contributed by atoms with van der Waals surface area (Å²) in [4.78, 5) is 9.52. The van der Waals surface area contributed by atoms with Crippen molar-refractivity contribution in [3.8, 4) is 22.4 Å². The molecule has 0 saturated carbocycles. The van der Waals surface area contributed by atoms with Crippen molar-refractivity contribution in [3.05, 3.63) is 108 Å². The van der Waals surface area contributed by atoms with Crippen LogP contribution in [0, 0.1) is 5.41 Å². The number of hydrogen-bond acceptors (Lipinski definition) is 6. The highest BCUT2D eigenvalue weighted by Gasteiger charge is 2.17. The van der Waals surface area contributed by atoms with E-state index in [9.17, 15) is 5.11 Å². The van der Waals surface area contributed by atoms with Gasteiger partial charge in [-0.2, -0.15) is 0 Å². The Labute approximate surface area is 210 Å². The van der Waals surface area contributed by atoms with E-state index in [1.165, 1.54) is 0 Å². The molecule has 0 radical (unpaired) electrons. The molecule has 0 saturated heterocycles. The molecule has 0 aliphatic carbocycles. The third-order valence-corrected chi connectivity index (χ3v) is 6.27. The van der Waals surface area contributed by atoms with Gasteiger partial charge in [0.25, 0.3) is 0 Å². The summed E-state index contributed by atoms with van der Waals surface area (Å²) in [7, 11) is 0. The standard InChI is InChI=1S/C30H27N5O/c1-19(31)25-15-22(12-13-27(25)32)26-16-23(35-28(18-36)20-7-3-2-4-8-20)17-34-30(26)24-11-5-9-21-10-6-14-33-29(21)24/h2-17,28,31,35-36H,18,32H2,1H3. The van der Waals surface area contributed by atoms with Crippen LogP contribution in [0.2, 0.25) is 0 Å². The van der Waals surface area contributed by atoms with Crippen molar-refractivity contribution in [1.82, 2.24) is 9.97 Å². The second-order valence-corrected chi connectivity index (χ2v) is 8.72. The Bertz CT molecular complexity index is 1540. The summed E-state index contributed by atoms with van der Waals surface area (Å²) >= 11 is 0. The van der Waals surface area contributed by atoms with E-state index in [-0.39, 0.29) is 12.6 Å². The van der Waals surface area contributed by atoms with Crippen molar-refractivity contribution in [2.75, 3.05) is 17.7 Å². The predicted molar refractivity (Wildman–Crippen MR) is 147 cm³/mol. The molecule has 36 heavy (non-hydrogen) atoms. The van der Waals surface area contributed by atoms with Crippen LogP contribution in [-0.4, -0.2) is 27.4 Å². The van der Waals surface area contributed by atoms with Crippen LogP contribution < -0.4 is 11.1 Å². The fourth-order valence-corrected chi connectivity index (χ4v) is 4.44.